The second-order valence-electron chi connectivity index (χ2n) is 16.4. The van der Waals surface area contributed by atoms with Gasteiger partial charge in [-0.25, -0.2) is 0 Å². The lowest BCUT2D eigenvalue weighted by atomic mass is 9.82. The van der Waals surface area contributed by atoms with Gasteiger partial charge in [0, 0.05) is 16.5 Å². The van der Waals surface area contributed by atoms with Crippen LogP contribution in [0.15, 0.2) is 224 Å². The van der Waals surface area contributed by atoms with Gasteiger partial charge < -0.3 is 4.57 Å². The molecule has 0 atom stereocenters. The summed E-state index contributed by atoms with van der Waals surface area (Å²) in [6.45, 7) is 0. The Balaban J connectivity index is 0.956. The van der Waals surface area contributed by atoms with Crippen molar-refractivity contribution in [3.63, 3.8) is 0 Å². The quantitative estimate of drug-likeness (QED) is 0.164. The Morgan fingerprint density at radius 2 is 0.738 bits per heavy atom. The van der Waals surface area contributed by atoms with Gasteiger partial charge in [0.25, 0.3) is 0 Å². The van der Waals surface area contributed by atoms with Gasteiger partial charge in [0.15, 0.2) is 0 Å². The highest BCUT2D eigenvalue weighted by atomic mass is 15.0. The van der Waals surface area contributed by atoms with Crippen LogP contribution in [-0.4, -0.2) is 4.57 Å². The second kappa shape index (κ2) is 13.3. The summed E-state index contributed by atoms with van der Waals surface area (Å²) in [7, 11) is 0. The van der Waals surface area contributed by atoms with E-state index in [1.807, 2.05) is 0 Å². The average molecular weight is 772 g/mol. The summed E-state index contributed by atoms with van der Waals surface area (Å²) < 4.78 is 2.38. The highest BCUT2D eigenvalue weighted by Gasteiger charge is 2.31. The molecule has 0 saturated carbocycles. The molecule has 0 amide bonds. The molecule has 61 heavy (non-hydrogen) atoms. The first kappa shape index (κ1) is 33.9. The molecule has 13 rings (SSSR count). The van der Waals surface area contributed by atoms with E-state index in [0.717, 1.165) is 0 Å². The van der Waals surface area contributed by atoms with Crippen molar-refractivity contribution in [2.75, 3.05) is 0 Å². The molecule has 1 aromatic heterocycles. The van der Waals surface area contributed by atoms with Crippen LogP contribution >= 0.6 is 0 Å². The third-order valence-corrected chi connectivity index (χ3v) is 13.1. The minimum absolute atomic E-state index is 1.18. The van der Waals surface area contributed by atoms with Crippen LogP contribution < -0.4 is 0 Å². The molecule has 0 saturated heterocycles. The van der Waals surface area contributed by atoms with Crippen LogP contribution in [0.3, 0.4) is 0 Å². The molecule has 1 heteroatoms. The molecule has 282 valence electrons. The summed E-state index contributed by atoms with van der Waals surface area (Å²) in [6, 6.07) is 82.9. The van der Waals surface area contributed by atoms with Crippen LogP contribution in [0.2, 0.25) is 0 Å². The normalized spacial score (nSPS) is 11.9. The first-order chi connectivity index (χ1) is 30.3. The van der Waals surface area contributed by atoms with Crippen molar-refractivity contribution in [2.24, 2.45) is 0 Å². The zero-order valence-corrected chi connectivity index (χ0v) is 33.3. The summed E-state index contributed by atoms with van der Waals surface area (Å²) in [4.78, 5) is 0. The van der Waals surface area contributed by atoms with E-state index < -0.39 is 0 Å². The van der Waals surface area contributed by atoms with Crippen LogP contribution in [0.5, 0.6) is 0 Å². The van der Waals surface area contributed by atoms with Crippen molar-refractivity contribution in [2.45, 2.75) is 0 Å². The van der Waals surface area contributed by atoms with E-state index in [0.29, 0.717) is 0 Å². The van der Waals surface area contributed by atoms with Crippen molar-refractivity contribution >= 4 is 54.1 Å². The zero-order valence-electron chi connectivity index (χ0n) is 33.3. The largest absolute Gasteiger partial charge is 0.309 e. The minimum atomic E-state index is 1.18. The summed E-state index contributed by atoms with van der Waals surface area (Å²) >= 11 is 0. The lowest BCUT2D eigenvalue weighted by Gasteiger charge is -2.20. The molecule has 0 N–H and O–H groups in total. The number of aromatic nitrogens is 1. The third kappa shape index (κ3) is 5.08. The number of nitrogens with zero attached hydrogens (tertiary/aromatic N) is 1. The van der Waals surface area contributed by atoms with Crippen molar-refractivity contribution in [3.8, 4) is 72.4 Å². The third-order valence-electron chi connectivity index (χ3n) is 13.1. The Bertz CT molecular complexity index is 3630. The van der Waals surface area contributed by atoms with Gasteiger partial charge in [-0.05, 0) is 142 Å². The highest BCUT2D eigenvalue weighted by Crippen LogP contribution is 2.58. The smallest absolute Gasteiger partial charge is 0.0541 e. The van der Waals surface area contributed by atoms with Gasteiger partial charge in [0.2, 0.25) is 0 Å². The maximum atomic E-state index is 2.39. The fourth-order valence-electron chi connectivity index (χ4n) is 10.5. The molecule has 0 spiro atoms. The molecular weight excluding hydrogens is 735 g/mol. The van der Waals surface area contributed by atoms with E-state index in [4.69, 9.17) is 0 Å². The SMILES string of the molecule is c1ccc(-c2c3c(c(-c4ccccc4)c4ccccc24)-c2ccc(-c4ccc5cc(-c6ccc7c(c6)c6ccccc6n7-c6ccccc6)ccc5c4)c4cccc-3c24)cc1. The first-order valence-corrected chi connectivity index (χ1v) is 21.2. The summed E-state index contributed by atoms with van der Waals surface area (Å²) in [6.07, 6.45) is 0. The number of rotatable bonds is 5. The standard InChI is InChI=1S/C60H37N/c1-4-15-38(16-5-1)56-49-22-10-11-23-50(49)57(39-17-6-2-7-18-39)60-52-33-32-46(48-24-14-25-51(58(48)52)59(56)60)44-30-29-40-35-41(27-28-42(40)36-44)43-31-34-55-53(37-43)47-21-12-13-26-54(47)61(55)45-19-8-3-9-20-45/h1-37H. The van der Waals surface area contributed by atoms with Gasteiger partial charge in [0.1, 0.15) is 0 Å². The Hall–Kier alpha value is -8.00. The maximum Gasteiger partial charge on any atom is 0.0541 e. The molecule has 1 heterocycles. The maximum absolute atomic E-state index is 2.39. The molecule has 0 radical (unpaired) electrons. The van der Waals surface area contributed by atoms with Crippen LogP contribution in [0.25, 0.3) is 127 Å². The lowest BCUT2D eigenvalue weighted by molar-refractivity contribution is 1.18. The molecule has 0 fully saturated rings. The van der Waals surface area contributed by atoms with E-state index in [1.54, 1.807) is 0 Å². The van der Waals surface area contributed by atoms with E-state index in [2.05, 4.69) is 229 Å². The van der Waals surface area contributed by atoms with Gasteiger partial charge in [-0.3, -0.25) is 0 Å². The van der Waals surface area contributed by atoms with Crippen LogP contribution in [0.1, 0.15) is 0 Å². The molecule has 0 aliphatic heterocycles. The van der Waals surface area contributed by atoms with Crippen molar-refractivity contribution in [1.82, 2.24) is 4.57 Å². The second-order valence-corrected chi connectivity index (χ2v) is 16.4. The Morgan fingerprint density at radius 3 is 1.43 bits per heavy atom. The number of benzene rings is 11. The van der Waals surface area contributed by atoms with Gasteiger partial charge in [-0.2, -0.15) is 0 Å². The summed E-state index contributed by atoms with van der Waals surface area (Å²) in [5, 5.41) is 10.2. The zero-order chi connectivity index (χ0) is 40.0. The Kier molecular flexibility index (Phi) is 7.37. The average Bonchev–Trinajstić information content (AvgIpc) is 3.84. The van der Waals surface area contributed by atoms with Gasteiger partial charge >= 0.3 is 0 Å². The molecule has 1 aliphatic carbocycles. The minimum Gasteiger partial charge on any atom is -0.309 e. The molecule has 12 aromatic rings. The van der Waals surface area contributed by atoms with E-state index >= 15 is 0 Å². The number of hydrogen-bond donors (Lipinski definition) is 0. The van der Waals surface area contributed by atoms with Crippen molar-refractivity contribution < 1.29 is 0 Å². The molecule has 0 bridgehead atoms. The van der Waals surface area contributed by atoms with Crippen LogP contribution in [0, 0.1) is 0 Å². The number of hydrogen-bond acceptors (Lipinski definition) is 0. The summed E-state index contributed by atoms with van der Waals surface area (Å²) in [5.74, 6) is 0. The Morgan fingerprint density at radius 1 is 0.246 bits per heavy atom. The first-order valence-electron chi connectivity index (χ1n) is 21.2. The van der Waals surface area contributed by atoms with Crippen molar-refractivity contribution in [1.29, 1.82) is 0 Å². The summed E-state index contributed by atoms with van der Waals surface area (Å²) in [5.41, 5.74) is 18.9. The molecule has 1 nitrogen and oxygen atoms in total. The fraction of sp³-hybridized carbons (Fsp3) is 0. The predicted octanol–water partition coefficient (Wildman–Crippen LogP) is 16.6. The highest BCUT2D eigenvalue weighted by molar-refractivity contribution is 6.29. The van der Waals surface area contributed by atoms with Gasteiger partial charge in [0.05, 0.1) is 11.0 Å². The van der Waals surface area contributed by atoms with E-state index in [-0.39, 0.29) is 0 Å². The molecule has 0 unspecified atom stereocenters. The van der Waals surface area contributed by atoms with Crippen molar-refractivity contribution in [3.05, 3.63) is 224 Å². The predicted molar refractivity (Wildman–Crippen MR) is 259 cm³/mol. The fourth-order valence-corrected chi connectivity index (χ4v) is 10.5. The molecular formula is C60H37N. The van der Waals surface area contributed by atoms with Gasteiger partial charge in [-0.1, -0.05) is 182 Å². The van der Waals surface area contributed by atoms with E-state index in [9.17, 15) is 0 Å². The van der Waals surface area contributed by atoms with Crippen LogP contribution in [0.4, 0.5) is 0 Å². The molecule has 11 aromatic carbocycles. The van der Waals surface area contributed by atoms with E-state index in [1.165, 1.54) is 127 Å². The number of para-hydroxylation sites is 2. The topological polar surface area (TPSA) is 4.93 Å². The molecule has 1 aliphatic rings. The van der Waals surface area contributed by atoms with Crippen LogP contribution in [-0.2, 0) is 0 Å². The van der Waals surface area contributed by atoms with Gasteiger partial charge in [-0.15, -0.1) is 0 Å². The Labute approximate surface area is 354 Å². The number of fused-ring (bicyclic) bond motifs is 8. The lowest BCUT2D eigenvalue weighted by Crippen LogP contribution is -1.93. The monoisotopic (exact) mass is 771 g/mol.